The van der Waals surface area contributed by atoms with Crippen molar-refractivity contribution in [3.05, 3.63) is 0 Å². The quantitative estimate of drug-likeness (QED) is 0.641. The highest BCUT2D eigenvalue weighted by molar-refractivity contribution is 5.59. The second-order valence-corrected chi connectivity index (χ2v) is 6.04. The molecule has 2 saturated carbocycles. The van der Waals surface area contributed by atoms with Crippen molar-refractivity contribution in [1.82, 2.24) is 0 Å². The van der Waals surface area contributed by atoms with E-state index in [2.05, 4.69) is 6.92 Å². The van der Waals surface area contributed by atoms with Gasteiger partial charge in [0, 0.05) is 5.41 Å². The molecule has 1 heteroatoms. The van der Waals surface area contributed by atoms with Crippen LogP contribution in [0.2, 0.25) is 0 Å². The van der Waals surface area contributed by atoms with Gasteiger partial charge in [0.05, 0.1) is 0 Å². The van der Waals surface area contributed by atoms with Crippen molar-refractivity contribution in [2.45, 2.75) is 64.7 Å². The molecule has 0 aromatic carbocycles. The first kappa shape index (κ1) is 11.2. The topological polar surface area (TPSA) is 17.1 Å². The molecule has 0 aliphatic heterocycles. The van der Waals surface area contributed by atoms with Crippen LogP contribution in [0.5, 0.6) is 0 Å². The van der Waals surface area contributed by atoms with Crippen LogP contribution < -0.4 is 0 Å². The number of carbonyl (C=O) groups is 1. The van der Waals surface area contributed by atoms with Crippen molar-refractivity contribution in [2.24, 2.45) is 17.3 Å². The molecule has 0 saturated heterocycles. The SMILES string of the molecule is CC1CCCC(C=O)(CC2CCCC2)C1. The van der Waals surface area contributed by atoms with E-state index in [1.165, 1.54) is 51.2 Å². The molecule has 0 heterocycles. The van der Waals surface area contributed by atoms with E-state index in [1.807, 2.05) is 0 Å². The zero-order chi connectivity index (χ0) is 10.7. The van der Waals surface area contributed by atoms with Crippen LogP contribution in [0.25, 0.3) is 0 Å². The predicted octanol–water partition coefficient (Wildman–Crippen LogP) is 3.96. The van der Waals surface area contributed by atoms with Crippen molar-refractivity contribution in [3.63, 3.8) is 0 Å². The van der Waals surface area contributed by atoms with Crippen molar-refractivity contribution in [2.75, 3.05) is 0 Å². The van der Waals surface area contributed by atoms with E-state index in [9.17, 15) is 4.79 Å². The van der Waals surface area contributed by atoms with E-state index in [4.69, 9.17) is 0 Å². The Morgan fingerprint density at radius 2 is 1.93 bits per heavy atom. The Kier molecular flexibility index (Phi) is 3.48. The minimum Gasteiger partial charge on any atom is -0.303 e. The van der Waals surface area contributed by atoms with Crippen LogP contribution in [0.3, 0.4) is 0 Å². The summed E-state index contributed by atoms with van der Waals surface area (Å²) in [5.74, 6) is 1.63. The fourth-order valence-electron chi connectivity index (χ4n) is 3.83. The number of hydrogen-bond donors (Lipinski definition) is 0. The highest BCUT2D eigenvalue weighted by Gasteiger charge is 2.37. The summed E-state index contributed by atoms with van der Waals surface area (Å²) in [6.07, 6.45) is 13.0. The molecular weight excluding hydrogens is 184 g/mol. The van der Waals surface area contributed by atoms with Crippen LogP contribution in [0.15, 0.2) is 0 Å². The van der Waals surface area contributed by atoms with E-state index in [-0.39, 0.29) is 5.41 Å². The van der Waals surface area contributed by atoms with E-state index >= 15 is 0 Å². The van der Waals surface area contributed by atoms with E-state index < -0.39 is 0 Å². The zero-order valence-electron chi connectivity index (χ0n) is 10.0. The molecule has 2 rings (SSSR count). The standard InChI is InChI=1S/C14H24O/c1-12-5-4-8-14(9-12,11-15)10-13-6-2-3-7-13/h11-13H,2-10H2,1H3. The van der Waals surface area contributed by atoms with E-state index in [0.717, 1.165) is 24.7 Å². The predicted molar refractivity (Wildman–Crippen MR) is 62.7 cm³/mol. The maximum atomic E-state index is 11.4. The third kappa shape index (κ3) is 2.62. The lowest BCUT2D eigenvalue weighted by atomic mass is 9.66. The van der Waals surface area contributed by atoms with Gasteiger partial charge in [-0.25, -0.2) is 0 Å². The number of hydrogen-bond acceptors (Lipinski definition) is 1. The molecule has 0 bridgehead atoms. The Morgan fingerprint density at radius 1 is 1.20 bits per heavy atom. The molecule has 2 aliphatic carbocycles. The molecule has 0 amide bonds. The molecule has 0 spiro atoms. The zero-order valence-corrected chi connectivity index (χ0v) is 10.0. The largest absolute Gasteiger partial charge is 0.303 e. The summed E-state index contributed by atoms with van der Waals surface area (Å²) in [4.78, 5) is 11.4. The summed E-state index contributed by atoms with van der Waals surface area (Å²) in [6, 6.07) is 0. The Labute approximate surface area is 93.6 Å². The Bertz CT molecular complexity index is 217. The van der Waals surface area contributed by atoms with Gasteiger partial charge in [0.1, 0.15) is 6.29 Å². The molecule has 2 fully saturated rings. The normalized spacial score (nSPS) is 38.1. The molecule has 0 aromatic heterocycles. The minimum atomic E-state index is 0.0761. The van der Waals surface area contributed by atoms with Gasteiger partial charge in [-0.15, -0.1) is 0 Å². The maximum Gasteiger partial charge on any atom is 0.126 e. The smallest absolute Gasteiger partial charge is 0.126 e. The molecular formula is C14H24O. The number of rotatable bonds is 3. The van der Waals surface area contributed by atoms with Crippen LogP contribution in [0.1, 0.15) is 64.7 Å². The van der Waals surface area contributed by atoms with Gasteiger partial charge in [-0.05, 0) is 31.1 Å². The van der Waals surface area contributed by atoms with E-state index in [1.54, 1.807) is 0 Å². The molecule has 2 unspecified atom stereocenters. The lowest BCUT2D eigenvalue weighted by Crippen LogP contribution is -2.31. The van der Waals surface area contributed by atoms with Crippen molar-refractivity contribution in [3.8, 4) is 0 Å². The van der Waals surface area contributed by atoms with Gasteiger partial charge in [0.2, 0.25) is 0 Å². The summed E-state index contributed by atoms with van der Waals surface area (Å²) >= 11 is 0. The van der Waals surface area contributed by atoms with Crippen molar-refractivity contribution < 1.29 is 4.79 Å². The average molecular weight is 208 g/mol. The third-order valence-electron chi connectivity index (χ3n) is 4.55. The summed E-state index contributed by atoms with van der Waals surface area (Å²) in [7, 11) is 0. The third-order valence-corrected chi connectivity index (χ3v) is 4.55. The van der Waals surface area contributed by atoms with E-state index in [0.29, 0.717) is 0 Å². The Morgan fingerprint density at radius 3 is 2.53 bits per heavy atom. The summed E-state index contributed by atoms with van der Waals surface area (Å²) in [6.45, 7) is 2.31. The van der Waals surface area contributed by atoms with Crippen LogP contribution in [-0.2, 0) is 4.79 Å². The fourth-order valence-corrected chi connectivity index (χ4v) is 3.83. The molecule has 15 heavy (non-hydrogen) atoms. The first-order chi connectivity index (χ1) is 7.24. The molecule has 86 valence electrons. The van der Waals surface area contributed by atoms with Crippen molar-refractivity contribution >= 4 is 6.29 Å². The van der Waals surface area contributed by atoms with Gasteiger partial charge in [0.25, 0.3) is 0 Å². The minimum absolute atomic E-state index is 0.0761. The fraction of sp³-hybridized carbons (Fsp3) is 0.929. The first-order valence-corrected chi connectivity index (χ1v) is 6.70. The van der Waals surface area contributed by atoms with Crippen LogP contribution in [-0.4, -0.2) is 6.29 Å². The molecule has 0 aromatic rings. The summed E-state index contributed by atoms with van der Waals surface area (Å²) in [5.41, 5.74) is 0.0761. The van der Waals surface area contributed by atoms with Crippen LogP contribution >= 0.6 is 0 Å². The summed E-state index contributed by atoms with van der Waals surface area (Å²) < 4.78 is 0. The van der Waals surface area contributed by atoms with Gasteiger partial charge in [-0.2, -0.15) is 0 Å². The monoisotopic (exact) mass is 208 g/mol. The highest BCUT2D eigenvalue weighted by atomic mass is 16.1. The van der Waals surface area contributed by atoms with Gasteiger partial charge in [-0.3, -0.25) is 0 Å². The average Bonchev–Trinajstić information content (AvgIpc) is 2.70. The Hall–Kier alpha value is -0.330. The second-order valence-electron chi connectivity index (χ2n) is 6.04. The molecule has 0 N–H and O–H groups in total. The van der Waals surface area contributed by atoms with Gasteiger partial charge in [0.15, 0.2) is 0 Å². The van der Waals surface area contributed by atoms with Crippen LogP contribution in [0.4, 0.5) is 0 Å². The second kappa shape index (κ2) is 4.67. The maximum absolute atomic E-state index is 11.4. The lowest BCUT2D eigenvalue weighted by molar-refractivity contribution is -0.119. The first-order valence-electron chi connectivity index (χ1n) is 6.70. The molecule has 2 atom stereocenters. The van der Waals surface area contributed by atoms with Gasteiger partial charge < -0.3 is 4.79 Å². The molecule has 1 nitrogen and oxygen atoms in total. The van der Waals surface area contributed by atoms with Crippen LogP contribution in [0, 0.1) is 17.3 Å². The Balaban J connectivity index is 1.96. The number of aldehydes is 1. The van der Waals surface area contributed by atoms with Gasteiger partial charge in [-0.1, -0.05) is 45.4 Å². The molecule has 0 radical (unpaired) electrons. The summed E-state index contributed by atoms with van der Waals surface area (Å²) in [5, 5.41) is 0. The molecule has 2 aliphatic rings. The van der Waals surface area contributed by atoms with Crippen molar-refractivity contribution in [1.29, 1.82) is 0 Å². The lowest BCUT2D eigenvalue weighted by Gasteiger charge is -2.37. The van der Waals surface area contributed by atoms with Gasteiger partial charge >= 0.3 is 0 Å². The number of carbonyl (C=O) groups excluding carboxylic acids is 1. The highest BCUT2D eigenvalue weighted by Crippen LogP contribution is 2.45.